The van der Waals surface area contributed by atoms with Gasteiger partial charge in [-0.2, -0.15) is 0 Å². The van der Waals surface area contributed by atoms with Crippen LogP contribution in [0, 0.1) is 6.92 Å². The first-order valence-corrected chi connectivity index (χ1v) is 6.96. The fourth-order valence-electron chi connectivity index (χ4n) is 2.93. The van der Waals surface area contributed by atoms with Crippen LogP contribution in [0.4, 0.5) is 0 Å². The molecule has 3 nitrogen and oxygen atoms in total. The van der Waals surface area contributed by atoms with E-state index < -0.39 is 0 Å². The smallest absolute Gasteiger partial charge is 0.213 e. The number of rotatable bonds is 1. The Hall–Kier alpha value is -2.68. The Balaban J connectivity index is 2.22. The number of aromatic nitrogens is 2. The fourth-order valence-corrected chi connectivity index (χ4v) is 2.93. The number of furan rings is 1. The van der Waals surface area contributed by atoms with Crippen molar-refractivity contribution in [3.8, 4) is 11.3 Å². The van der Waals surface area contributed by atoms with Crippen LogP contribution in [0.5, 0.6) is 0 Å². The average molecular weight is 275 g/mol. The molecule has 0 aliphatic rings. The summed E-state index contributed by atoms with van der Waals surface area (Å²) in [5, 5.41) is 2.20. The van der Waals surface area contributed by atoms with E-state index in [0.29, 0.717) is 0 Å². The molecule has 1 aromatic carbocycles. The van der Waals surface area contributed by atoms with Crippen LogP contribution in [0.15, 0.2) is 59.4 Å². The van der Waals surface area contributed by atoms with Gasteiger partial charge in [-0.05, 0) is 30.7 Å². The number of fused-ring (bicyclic) bond motifs is 3. The second-order valence-corrected chi connectivity index (χ2v) is 5.30. The molecule has 21 heavy (non-hydrogen) atoms. The second kappa shape index (κ2) is 4.42. The minimum Gasteiger partial charge on any atom is -0.456 e. The van der Waals surface area contributed by atoms with E-state index in [2.05, 4.69) is 47.9 Å². The third-order valence-electron chi connectivity index (χ3n) is 3.96. The van der Waals surface area contributed by atoms with Crippen molar-refractivity contribution in [2.75, 3.05) is 0 Å². The molecule has 4 aromatic rings. The molecule has 4 rings (SSSR count). The SMILES string of the molecule is Cc1ccc2oc3ccncc3c2c1-c1cccc[n+]1C. The summed E-state index contributed by atoms with van der Waals surface area (Å²) >= 11 is 0. The van der Waals surface area contributed by atoms with Gasteiger partial charge >= 0.3 is 0 Å². The molecule has 0 bridgehead atoms. The van der Waals surface area contributed by atoms with Gasteiger partial charge < -0.3 is 4.42 Å². The lowest BCUT2D eigenvalue weighted by Crippen LogP contribution is -2.30. The van der Waals surface area contributed by atoms with Crippen molar-refractivity contribution >= 4 is 21.9 Å². The van der Waals surface area contributed by atoms with Gasteiger partial charge in [0.1, 0.15) is 18.2 Å². The third-order valence-corrected chi connectivity index (χ3v) is 3.96. The van der Waals surface area contributed by atoms with Gasteiger partial charge in [-0.1, -0.05) is 6.07 Å². The molecule has 0 aliphatic carbocycles. The molecule has 0 unspecified atom stereocenters. The van der Waals surface area contributed by atoms with Gasteiger partial charge in [0.05, 0.1) is 5.56 Å². The summed E-state index contributed by atoms with van der Waals surface area (Å²) in [5.74, 6) is 0. The zero-order valence-corrected chi connectivity index (χ0v) is 12.0. The van der Waals surface area contributed by atoms with Crippen molar-refractivity contribution in [3.63, 3.8) is 0 Å². The molecule has 0 atom stereocenters. The Morgan fingerprint density at radius 1 is 1.05 bits per heavy atom. The standard InChI is InChI=1S/C18H15N2O/c1-12-6-7-16-18(13-11-19-9-8-15(13)21-16)17(12)14-5-3-4-10-20(14)2/h3-11H,1-2H3/q+1. The normalized spacial score (nSPS) is 11.3. The van der Waals surface area contributed by atoms with Crippen LogP contribution in [0.3, 0.4) is 0 Å². The van der Waals surface area contributed by atoms with E-state index in [1.54, 1.807) is 6.20 Å². The van der Waals surface area contributed by atoms with E-state index in [1.165, 1.54) is 16.8 Å². The van der Waals surface area contributed by atoms with Gasteiger partial charge in [-0.15, -0.1) is 0 Å². The number of benzene rings is 1. The molecule has 0 fully saturated rings. The molecule has 102 valence electrons. The van der Waals surface area contributed by atoms with E-state index in [-0.39, 0.29) is 0 Å². The number of nitrogens with zero attached hydrogens (tertiary/aromatic N) is 2. The molecular weight excluding hydrogens is 260 g/mol. The predicted molar refractivity (Wildman–Crippen MR) is 82.9 cm³/mol. The van der Waals surface area contributed by atoms with Crippen LogP contribution in [0.2, 0.25) is 0 Å². The number of hydrogen-bond donors (Lipinski definition) is 0. The van der Waals surface area contributed by atoms with Gasteiger partial charge in [0.15, 0.2) is 6.20 Å². The van der Waals surface area contributed by atoms with Crippen molar-refractivity contribution in [1.29, 1.82) is 0 Å². The van der Waals surface area contributed by atoms with E-state index >= 15 is 0 Å². The van der Waals surface area contributed by atoms with Crippen molar-refractivity contribution in [3.05, 3.63) is 60.6 Å². The van der Waals surface area contributed by atoms with Gasteiger partial charge in [0, 0.05) is 35.3 Å². The van der Waals surface area contributed by atoms with Crippen LogP contribution in [0.25, 0.3) is 33.2 Å². The monoisotopic (exact) mass is 275 g/mol. The fraction of sp³-hybridized carbons (Fsp3) is 0.111. The van der Waals surface area contributed by atoms with Crippen molar-refractivity contribution in [2.24, 2.45) is 7.05 Å². The highest BCUT2D eigenvalue weighted by Gasteiger charge is 2.19. The molecular formula is C18H15N2O+. The summed E-state index contributed by atoms with van der Waals surface area (Å²) < 4.78 is 8.10. The zero-order valence-electron chi connectivity index (χ0n) is 12.0. The number of pyridine rings is 2. The molecule has 0 saturated heterocycles. The van der Waals surface area contributed by atoms with Crippen molar-refractivity contribution < 1.29 is 8.98 Å². The highest BCUT2D eigenvalue weighted by atomic mass is 16.3. The maximum atomic E-state index is 5.96. The lowest BCUT2D eigenvalue weighted by molar-refractivity contribution is -0.660. The zero-order chi connectivity index (χ0) is 14.4. The summed E-state index contributed by atoms with van der Waals surface area (Å²) in [4.78, 5) is 4.26. The number of aryl methyl sites for hydroxylation is 2. The molecule has 3 aromatic heterocycles. The minimum absolute atomic E-state index is 0.880. The average Bonchev–Trinajstić information content (AvgIpc) is 2.87. The van der Waals surface area contributed by atoms with E-state index in [4.69, 9.17) is 4.42 Å². The van der Waals surface area contributed by atoms with Gasteiger partial charge in [-0.25, -0.2) is 4.57 Å². The first-order chi connectivity index (χ1) is 10.3. The summed E-state index contributed by atoms with van der Waals surface area (Å²) in [6.45, 7) is 2.14. The predicted octanol–water partition coefficient (Wildman–Crippen LogP) is 3.78. The van der Waals surface area contributed by atoms with E-state index in [9.17, 15) is 0 Å². The topological polar surface area (TPSA) is 29.9 Å². The molecule has 0 aliphatic heterocycles. The summed E-state index contributed by atoms with van der Waals surface area (Å²) in [6.07, 6.45) is 5.71. The van der Waals surface area contributed by atoms with E-state index in [1.807, 2.05) is 24.4 Å². The minimum atomic E-state index is 0.880. The Morgan fingerprint density at radius 2 is 1.95 bits per heavy atom. The first-order valence-electron chi connectivity index (χ1n) is 6.96. The molecule has 3 heteroatoms. The van der Waals surface area contributed by atoms with Gasteiger partial charge in [0.2, 0.25) is 5.69 Å². The van der Waals surface area contributed by atoms with Crippen LogP contribution >= 0.6 is 0 Å². The van der Waals surface area contributed by atoms with E-state index in [0.717, 1.165) is 21.9 Å². The maximum Gasteiger partial charge on any atom is 0.213 e. The van der Waals surface area contributed by atoms with Crippen molar-refractivity contribution in [2.45, 2.75) is 6.92 Å². The molecule has 0 radical (unpaired) electrons. The van der Waals surface area contributed by atoms with Crippen LogP contribution in [-0.2, 0) is 7.05 Å². The Morgan fingerprint density at radius 3 is 2.81 bits per heavy atom. The Labute approximate surface area is 122 Å². The maximum absolute atomic E-state index is 5.96. The first kappa shape index (κ1) is 12.1. The van der Waals surface area contributed by atoms with Crippen LogP contribution < -0.4 is 4.57 Å². The molecule has 0 N–H and O–H groups in total. The quantitative estimate of drug-likeness (QED) is 0.495. The highest BCUT2D eigenvalue weighted by molar-refractivity contribution is 6.12. The largest absolute Gasteiger partial charge is 0.456 e. The number of hydrogen-bond acceptors (Lipinski definition) is 2. The van der Waals surface area contributed by atoms with Gasteiger partial charge in [0.25, 0.3) is 0 Å². The summed E-state index contributed by atoms with van der Waals surface area (Å²) in [6, 6.07) is 12.3. The van der Waals surface area contributed by atoms with Crippen molar-refractivity contribution in [1.82, 2.24) is 4.98 Å². The lowest BCUT2D eigenvalue weighted by Gasteiger charge is -2.05. The third kappa shape index (κ3) is 1.74. The summed E-state index contributed by atoms with van der Waals surface area (Å²) in [7, 11) is 2.06. The lowest BCUT2D eigenvalue weighted by atomic mass is 9.98. The Kier molecular flexibility index (Phi) is 2.54. The second-order valence-electron chi connectivity index (χ2n) is 5.30. The molecule has 0 spiro atoms. The highest BCUT2D eigenvalue weighted by Crippen LogP contribution is 2.36. The molecule has 3 heterocycles. The van der Waals surface area contributed by atoms with Gasteiger partial charge in [-0.3, -0.25) is 4.98 Å². The van der Waals surface area contributed by atoms with Crippen LogP contribution in [-0.4, -0.2) is 4.98 Å². The molecule has 0 amide bonds. The molecule has 0 saturated carbocycles. The Bertz CT molecular complexity index is 969. The van der Waals surface area contributed by atoms with Crippen LogP contribution in [0.1, 0.15) is 5.56 Å². The summed E-state index contributed by atoms with van der Waals surface area (Å²) in [5.41, 5.74) is 5.40.